The van der Waals surface area contributed by atoms with Crippen molar-refractivity contribution in [2.45, 2.75) is 19.9 Å². The first kappa shape index (κ1) is 20.7. The third-order valence-corrected chi connectivity index (χ3v) is 4.14. The Balaban J connectivity index is 1.73. The Hall–Kier alpha value is -2.60. The number of halogens is 1. The van der Waals surface area contributed by atoms with Crippen molar-refractivity contribution in [1.29, 1.82) is 0 Å². The lowest BCUT2D eigenvalue weighted by Gasteiger charge is -2.10. The van der Waals surface area contributed by atoms with Crippen LogP contribution >= 0.6 is 11.6 Å². The van der Waals surface area contributed by atoms with E-state index in [1.165, 1.54) is 0 Å². The molecule has 0 atom stereocenters. The van der Waals surface area contributed by atoms with Crippen molar-refractivity contribution in [3.63, 3.8) is 0 Å². The molecule has 2 aromatic rings. The van der Waals surface area contributed by atoms with Crippen LogP contribution in [0.4, 0.5) is 0 Å². The zero-order valence-corrected chi connectivity index (χ0v) is 16.7. The van der Waals surface area contributed by atoms with Gasteiger partial charge in [-0.2, -0.15) is 0 Å². The van der Waals surface area contributed by atoms with Crippen molar-refractivity contribution in [2.75, 3.05) is 27.4 Å². The average Bonchev–Trinajstić information content (AvgIpc) is 2.67. The van der Waals surface area contributed by atoms with E-state index in [1.807, 2.05) is 43.3 Å². The molecule has 0 aliphatic rings. The van der Waals surface area contributed by atoms with Gasteiger partial charge in [0.2, 0.25) is 0 Å². The molecule has 0 aliphatic carbocycles. The number of ether oxygens (including phenoxy) is 3. The van der Waals surface area contributed by atoms with Crippen LogP contribution in [-0.2, 0) is 6.54 Å². The van der Waals surface area contributed by atoms with Gasteiger partial charge in [-0.25, -0.2) is 4.99 Å². The molecule has 0 saturated heterocycles. The van der Waals surface area contributed by atoms with E-state index in [-0.39, 0.29) is 0 Å². The molecule has 0 amide bonds. The van der Waals surface area contributed by atoms with Gasteiger partial charge in [-0.05, 0) is 54.8 Å². The SMILES string of the molecule is COc1ccc(CN=C(N)NCCCOc2ccc(Cl)cc2C)cc1OC. The van der Waals surface area contributed by atoms with Gasteiger partial charge in [0.05, 0.1) is 27.4 Å². The van der Waals surface area contributed by atoms with Crippen molar-refractivity contribution in [3.8, 4) is 17.2 Å². The molecule has 3 N–H and O–H groups in total. The minimum Gasteiger partial charge on any atom is -0.493 e. The van der Waals surface area contributed by atoms with Crippen LogP contribution in [0.15, 0.2) is 41.4 Å². The number of aryl methyl sites for hydroxylation is 1. The predicted octanol–water partition coefficient (Wildman–Crippen LogP) is 3.54. The fraction of sp³-hybridized carbons (Fsp3) is 0.350. The summed E-state index contributed by atoms with van der Waals surface area (Å²) < 4.78 is 16.3. The highest BCUT2D eigenvalue weighted by atomic mass is 35.5. The third kappa shape index (κ3) is 6.57. The molecule has 7 heteroatoms. The summed E-state index contributed by atoms with van der Waals surface area (Å²) in [5, 5.41) is 3.79. The summed E-state index contributed by atoms with van der Waals surface area (Å²) in [6.07, 6.45) is 0.800. The highest BCUT2D eigenvalue weighted by Gasteiger charge is 2.04. The summed E-state index contributed by atoms with van der Waals surface area (Å²) in [5.41, 5.74) is 7.91. The van der Waals surface area contributed by atoms with Crippen LogP contribution in [0.2, 0.25) is 5.02 Å². The number of methoxy groups -OCH3 is 2. The molecule has 27 heavy (non-hydrogen) atoms. The third-order valence-electron chi connectivity index (χ3n) is 3.90. The first-order valence-corrected chi connectivity index (χ1v) is 9.05. The van der Waals surface area contributed by atoms with E-state index in [0.717, 1.165) is 23.3 Å². The molecule has 0 spiro atoms. The molecule has 0 radical (unpaired) electrons. The van der Waals surface area contributed by atoms with Crippen LogP contribution in [0, 0.1) is 6.92 Å². The van der Waals surface area contributed by atoms with Crippen LogP contribution in [0.25, 0.3) is 0 Å². The number of hydrogen-bond donors (Lipinski definition) is 2. The number of nitrogens with zero attached hydrogens (tertiary/aromatic N) is 1. The van der Waals surface area contributed by atoms with Gasteiger partial charge in [0.25, 0.3) is 0 Å². The van der Waals surface area contributed by atoms with Crippen LogP contribution < -0.4 is 25.3 Å². The zero-order chi connectivity index (χ0) is 19.6. The molecule has 0 aliphatic heterocycles. The molecule has 0 unspecified atom stereocenters. The quantitative estimate of drug-likeness (QED) is 0.388. The molecular weight excluding hydrogens is 366 g/mol. The second-order valence-corrected chi connectivity index (χ2v) is 6.37. The number of guanidine groups is 1. The Kier molecular flexibility index (Phi) is 8.07. The fourth-order valence-electron chi connectivity index (χ4n) is 2.46. The number of aliphatic imine (C=N–C) groups is 1. The van der Waals surface area contributed by atoms with E-state index in [4.69, 9.17) is 31.5 Å². The Labute approximate surface area is 165 Å². The largest absolute Gasteiger partial charge is 0.493 e. The number of hydrogen-bond acceptors (Lipinski definition) is 4. The zero-order valence-electron chi connectivity index (χ0n) is 15.9. The van der Waals surface area contributed by atoms with Crippen molar-refractivity contribution in [1.82, 2.24) is 5.32 Å². The molecule has 0 saturated carbocycles. The van der Waals surface area contributed by atoms with Gasteiger partial charge in [0.15, 0.2) is 17.5 Å². The molecule has 0 aromatic heterocycles. The van der Waals surface area contributed by atoms with E-state index >= 15 is 0 Å². The lowest BCUT2D eigenvalue weighted by atomic mass is 10.2. The molecular formula is C20H26ClN3O3. The van der Waals surface area contributed by atoms with Gasteiger partial charge in [0.1, 0.15) is 5.75 Å². The normalized spacial score (nSPS) is 11.2. The Morgan fingerprint density at radius 2 is 1.81 bits per heavy atom. The van der Waals surface area contributed by atoms with Gasteiger partial charge in [-0.1, -0.05) is 17.7 Å². The minimum absolute atomic E-state index is 0.396. The fourth-order valence-corrected chi connectivity index (χ4v) is 2.68. The van der Waals surface area contributed by atoms with E-state index < -0.39 is 0 Å². The van der Waals surface area contributed by atoms with E-state index in [0.29, 0.717) is 42.2 Å². The van der Waals surface area contributed by atoms with Crippen molar-refractivity contribution >= 4 is 17.6 Å². The highest BCUT2D eigenvalue weighted by molar-refractivity contribution is 6.30. The van der Waals surface area contributed by atoms with Crippen LogP contribution in [0.1, 0.15) is 17.5 Å². The minimum atomic E-state index is 0.396. The maximum Gasteiger partial charge on any atom is 0.188 e. The smallest absolute Gasteiger partial charge is 0.188 e. The highest BCUT2D eigenvalue weighted by Crippen LogP contribution is 2.27. The van der Waals surface area contributed by atoms with Crippen LogP contribution in [0.3, 0.4) is 0 Å². The van der Waals surface area contributed by atoms with Gasteiger partial charge in [0, 0.05) is 11.6 Å². The van der Waals surface area contributed by atoms with E-state index in [9.17, 15) is 0 Å². The van der Waals surface area contributed by atoms with Crippen molar-refractivity contribution in [3.05, 3.63) is 52.5 Å². The van der Waals surface area contributed by atoms with E-state index in [1.54, 1.807) is 14.2 Å². The second-order valence-electron chi connectivity index (χ2n) is 5.93. The molecule has 2 aromatic carbocycles. The second kappa shape index (κ2) is 10.5. The van der Waals surface area contributed by atoms with Gasteiger partial charge in [-0.3, -0.25) is 0 Å². The van der Waals surface area contributed by atoms with Gasteiger partial charge in [-0.15, -0.1) is 0 Å². The molecule has 146 valence electrons. The lowest BCUT2D eigenvalue weighted by molar-refractivity contribution is 0.309. The Morgan fingerprint density at radius 3 is 2.52 bits per heavy atom. The van der Waals surface area contributed by atoms with Gasteiger partial charge < -0.3 is 25.3 Å². The first-order chi connectivity index (χ1) is 13.0. The summed E-state index contributed by atoms with van der Waals surface area (Å²) in [5.74, 6) is 2.60. The summed E-state index contributed by atoms with van der Waals surface area (Å²) in [6.45, 7) is 3.68. The lowest BCUT2D eigenvalue weighted by Crippen LogP contribution is -2.33. The summed E-state index contributed by atoms with van der Waals surface area (Å²) in [6, 6.07) is 11.3. The van der Waals surface area contributed by atoms with Gasteiger partial charge >= 0.3 is 0 Å². The monoisotopic (exact) mass is 391 g/mol. The first-order valence-electron chi connectivity index (χ1n) is 8.67. The van der Waals surface area contributed by atoms with Crippen molar-refractivity contribution < 1.29 is 14.2 Å². The molecule has 0 bridgehead atoms. The maximum absolute atomic E-state index is 5.94. The number of nitrogens with one attached hydrogen (secondary N) is 1. The van der Waals surface area contributed by atoms with E-state index in [2.05, 4.69) is 10.3 Å². The van der Waals surface area contributed by atoms with Crippen molar-refractivity contribution in [2.24, 2.45) is 10.7 Å². The van der Waals surface area contributed by atoms with Crippen LogP contribution in [-0.4, -0.2) is 33.3 Å². The summed E-state index contributed by atoms with van der Waals surface area (Å²) in [7, 11) is 3.21. The Morgan fingerprint density at radius 1 is 1.07 bits per heavy atom. The van der Waals surface area contributed by atoms with Crippen LogP contribution in [0.5, 0.6) is 17.2 Å². The Bertz CT molecular complexity index is 781. The number of rotatable bonds is 9. The average molecular weight is 392 g/mol. The summed E-state index contributed by atoms with van der Waals surface area (Å²) in [4.78, 5) is 4.34. The predicted molar refractivity (Wildman–Crippen MR) is 109 cm³/mol. The molecule has 6 nitrogen and oxygen atoms in total. The number of benzene rings is 2. The molecule has 0 heterocycles. The molecule has 2 rings (SSSR count). The topological polar surface area (TPSA) is 78.1 Å². The summed E-state index contributed by atoms with van der Waals surface area (Å²) >= 11 is 5.94. The maximum atomic E-state index is 5.94. The standard InChI is InChI=1S/C20H26ClN3O3/c1-14-11-16(21)6-8-17(14)27-10-4-9-23-20(22)24-13-15-5-7-18(25-2)19(12-15)26-3/h5-8,11-12H,4,9-10,13H2,1-3H3,(H3,22,23,24). The number of nitrogens with two attached hydrogens (primary N) is 1. The molecule has 0 fully saturated rings.